The van der Waals surface area contributed by atoms with Crippen LogP contribution in [0.2, 0.25) is 0 Å². The standard InChI is InChI=1S/C23H25N3O4/c27-23-26(11-2-14-28-23)19-8-12-25(13-9-19)15-17-4-6-18(7-5-17)21-16-29-20-3-1-10-24-22(20)30-21/h1-7,10,14,19,21H,8-9,11-13,15-16H2/t21-/m1/s1. The fraction of sp³-hybridized carbons (Fsp3) is 0.391. The minimum Gasteiger partial charge on any atom is -0.484 e. The summed E-state index contributed by atoms with van der Waals surface area (Å²) in [5, 5.41) is 0. The van der Waals surface area contributed by atoms with Crippen molar-refractivity contribution in [1.29, 1.82) is 0 Å². The van der Waals surface area contributed by atoms with E-state index < -0.39 is 0 Å². The highest BCUT2D eigenvalue weighted by Gasteiger charge is 2.29. The highest BCUT2D eigenvalue weighted by molar-refractivity contribution is 5.69. The van der Waals surface area contributed by atoms with Gasteiger partial charge < -0.3 is 19.1 Å². The predicted octanol–water partition coefficient (Wildman–Crippen LogP) is 3.52. The summed E-state index contributed by atoms with van der Waals surface area (Å²) in [7, 11) is 0. The van der Waals surface area contributed by atoms with E-state index in [1.165, 1.54) is 11.8 Å². The van der Waals surface area contributed by atoms with E-state index >= 15 is 0 Å². The molecule has 1 saturated heterocycles. The Bertz CT molecular complexity index is 922. The van der Waals surface area contributed by atoms with Gasteiger partial charge in [0, 0.05) is 38.4 Å². The van der Waals surface area contributed by atoms with E-state index in [1.807, 2.05) is 23.1 Å². The lowest BCUT2D eigenvalue weighted by atomic mass is 10.0. The Hall–Kier alpha value is -3.06. The van der Waals surface area contributed by atoms with Gasteiger partial charge in [0.05, 0.1) is 6.26 Å². The maximum Gasteiger partial charge on any atom is 0.415 e. The number of ether oxygens (including phenoxy) is 3. The van der Waals surface area contributed by atoms with Crippen LogP contribution in [0.25, 0.3) is 0 Å². The van der Waals surface area contributed by atoms with Gasteiger partial charge in [0.2, 0.25) is 0 Å². The first-order chi connectivity index (χ1) is 14.8. The monoisotopic (exact) mass is 407 g/mol. The molecule has 0 radical (unpaired) electrons. The van der Waals surface area contributed by atoms with Gasteiger partial charge in [-0.15, -0.1) is 0 Å². The van der Waals surface area contributed by atoms with Gasteiger partial charge in [0.1, 0.15) is 6.61 Å². The molecular formula is C23H25N3O4. The molecule has 0 saturated carbocycles. The van der Waals surface area contributed by atoms with Gasteiger partial charge >= 0.3 is 6.09 Å². The van der Waals surface area contributed by atoms with Crippen LogP contribution in [0.15, 0.2) is 54.9 Å². The van der Waals surface area contributed by atoms with Crippen LogP contribution >= 0.6 is 0 Å². The number of carbonyl (C=O) groups is 1. The molecule has 0 aliphatic carbocycles. The van der Waals surface area contributed by atoms with Crippen LogP contribution in [0, 0.1) is 0 Å². The summed E-state index contributed by atoms with van der Waals surface area (Å²) in [5.41, 5.74) is 2.36. The van der Waals surface area contributed by atoms with Crippen LogP contribution in [0.3, 0.4) is 0 Å². The molecule has 0 spiro atoms. The van der Waals surface area contributed by atoms with E-state index in [4.69, 9.17) is 14.2 Å². The van der Waals surface area contributed by atoms with E-state index in [9.17, 15) is 4.79 Å². The van der Waals surface area contributed by atoms with E-state index in [0.29, 0.717) is 24.8 Å². The lowest BCUT2D eigenvalue weighted by Crippen LogP contribution is -2.48. The van der Waals surface area contributed by atoms with Crippen molar-refractivity contribution in [2.75, 3.05) is 26.2 Å². The number of carbonyl (C=O) groups excluding carboxylic acids is 1. The number of likely N-dealkylation sites (tertiary alicyclic amines) is 1. The second-order valence-electron chi connectivity index (χ2n) is 7.88. The number of piperidine rings is 1. The Labute approximate surface area is 175 Å². The number of amides is 1. The Balaban J connectivity index is 1.15. The summed E-state index contributed by atoms with van der Waals surface area (Å²) in [6.07, 6.45) is 6.67. The Morgan fingerprint density at radius 1 is 1.10 bits per heavy atom. The average Bonchev–Trinajstić information content (AvgIpc) is 2.80. The normalized spacial score (nSPS) is 22.1. The van der Waals surface area contributed by atoms with Gasteiger partial charge in [-0.25, -0.2) is 9.78 Å². The quantitative estimate of drug-likeness (QED) is 0.773. The molecule has 3 aliphatic heterocycles. The van der Waals surface area contributed by atoms with Gasteiger partial charge in [-0.1, -0.05) is 24.3 Å². The maximum atomic E-state index is 11.9. The molecular weight excluding hydrogens is 382 g/mol. The number of aromatic nitrogens is 1. The number of hydrogen-bond donors (Lipinski definition) is 0. The van der Waals surface area contributed by atoms with Crippen molar-refractivity contribution in [2.24, 2.45) is 0 Å². The van der Waals surface area contributed by atoms with Crippen LogP contribution in [0.4, 0.5) is 4.79 Å². The van der Waals surface area contributed by atoms with Crippen LogP contribution in [0.1, 0.15) is 30.1 Å². The van der Waals surface area contributed by atoms with E-state index in [-0.39, 0.29) is 18.2 Å². The zero-order valence-corrected chi connectivity index (χ0v) is 16.8. The fourth-order valence-electron chi connectivity index (χ4n) is 4.26. The first-order valence-corrected chi connectivity index (χ1v) is 10.4. The van der Waals surface area contributed by atoms with Crippen molar-refractivity contribution in [2.45, 2.75) is 31.5 Å². The summed E-state index contributed by atoms with van der Waals surface area (Å²) >= 11 is 0. The minimum absolute atomic E-state index is 0.143. The molecule has 5 rings (SSSR count). The highest BCUT2D eigenvalue weighted by atomic mass is 16.6. The third kappa shape index (κ3) is 3.98. The second kappa shape index (κ2) is 8.36. The number of cyclic esters (lactones) is 1. The van der Waals surface area contributed by atoms with E-state index in [2.05, 4.69) is 34.1 Å². The SMILES string of the molecule is O=C1OC=CCN1C1CCN(Cc2ccc([C@H]3COc4cccnc4O3)cc2)CC1. The van der Waals surface area contributed by atoms with Crippen molar-refractivity contribution < 1.29 is 19.0 Å². The summed E-state index contributed by atoms with van der Waals surface area (Å²) < 4.78 is 16.8. The molecule has 1 amide bonds. The number of pyridine rings is 1. The zero-order chi connectivity index (χ0) is 20.3. The van der Waals surface area contributed by atoms with Gasteiger partial charge in [-0.2, -0.15) is 0 Å². The zero-order valence-electron chi connectivity index (χ0n) is 16.8. The molecule has 2 aromatic rings. The number of rotatable bonds is 4. The van der Waals surface area contributed by atoms with Gasteiger partial charge in [-0.05, 0) is 42.2 Å². The van der Waals surface area contributed by atoms with E-state index in [0.717, 1.165) is 38.0 Å². The summed E-state index contributed by atoms with van der Waals surface area (Å²) in [6, 6.07) is 12.5. The Morgan fingerprint density at radius 3 is 2.73 bits per heavy atom. The van der Waals surface area contributed by atoms with Crippen molar-refractivity contribution in [3.8, 4) is 11.6 Å². The summed E-state index contributed by atoms with van der Waals surface area (Å²) in [4.78, 5) is 20.4. The number of fused-ring (bicyclic) bond motifs is 1. The molecule has 0 unspecified atom stereocenters. The largest absolute Gasteiger partial charge is 0.484 e. The van der Waals surface area contributed by atoms with Crippen molar-refractivity contribution >= 4 is 6.09 Å². The molecule has 0 bridgehead atoms. The van der Waals surface area contributed by atoms with Gasteiger partial charge in [0.15, 0.2) is 11.9 Å². The Kier molecular flexibility index (Phi) is 5.27. The van der Waals surface area contributed by atoms with Crippen LogP contribution in [-0.2, 0) is 11.3 Å². The molecule has 1 fully saturated rings. The average molecular weight is 407 g/mol. The van der Waals surface area contributed by atoms with Crippen LogP contribution in [0.5, 0.6) is 11.6 Å². The summed E-state index contributed by atoms with van der Waals surface area (Å²) in [5.74, 6) is 1.25. The second-order valence-corrected chi connectivity index (χ2v) is 7.88. The third-order valence-corrected chi connectivity index (χ3v) is 5.94. The van der Waals surface area contributed by atoms with Gasteiger partial charge in [-0.3, -0.25) is 4.90 Å². The molecule has 7 nitrogen and oxygen atoms in total. The number of benzene rings is 1. The van der Waals surface area contributed by atoms with E-state index in [1.54, 1.807) is 6.20 Å². The molecule has 1 atom stereocenters. The van der Waals surface area contributed by atoms with Gasteiger partial charge in [0.25, 0.3) is 5.88 Å². The lowest BCUT2D eigenvalue weighted by Gasteiger charge is -2.38. The van der Waals surface area contributed by atoms with Crippen molar-refractivity contribution in [3.63, 3.8) is 0 Å². The maximum absolute atomic E-state index is 11.9. The summed E-state index contributed by atoms with van der Waals surface area (Å²) in [6.45, 7) is 3.99. The molecule has 0 N–H and O–H groups in total. The number of hydrogen-bond acceptors (Lipinski definition) is 6. The fourth-order valence-corrected chi connectivity index (χ4v) is 4.26. The molecule has 1 aromatic carbocycles. The molecule has 3 aliphatic rings. The smallest absolute Gasteiger partial charge is 0.415 e. The number of nitrogens with zero attached hydrogens (tertiary/aromatic N) is 3. The molecule has 7 heteroatoms. The van der Waals surface area contributed by atoms with Crippen LogP contribution < -0.4 is 9.47 Å². The van der Waals surface area contributed by atoms with Crippen LogP contribution in [-0.4, -0.2) is 53.2 Å². The highest BCUT2D eigenvalue weighted by Crippen LogP contribution is 2.34. The van der Waals surface area contributed by atoms with Crippen molar-refractivity contribution in [1.82, 2.24) is 14.8 Å². The Morgan fingerprint density at radius 2 is 1.93 bits per heavy atom. The molecule has 1 aromatic heterocycles. The first-order valence-electron chi connectivity index (χ1n) is 10.4. The first kappa shape index (κ1) is 18.9. The molecule has 4 heterocycles. The molecule has 156 valence electrons. The molecule has 30 heavy (non-hydrogen) atoms. The topological polar surface area (TPSA) is 64.1 Å². The lowest BCUT2D eigenvalue weighted by molar-refractivity contribution is 0.0832. The minimum atomic E-state index is -0.224. The van der Waals surface area contributed by atoms with Crippen molar-refractivity contribution in [3.05, 3.63) is 66.1 Å². The predicted molar refractivity (Wildman–Crippen MR) is 110 cm³/mol. The third-order valence-electron chi connectivity index (χ3n) is 5.94.